The molecule has 0 aliphatic carbocycles. The Morgan fingerprint density at radius 3 is 2.56 bits per heavy atom. The molecule has 18 heavy (non-hydrogen) atoms. The minimum absolute atomic E-state index is 0.191. The van der Waals surface area contributed by atoms with E-state index in [1.54, 1.807) is 7.11 Å². The van der Waals surface area contributed by atoms with Crippen LogP contribution >= 0.6 is 15.9 Å². The first-order valence-corrected chi connectivity index (χ1v) is 6.36. The summed E-state index contributed by atoms with van der Waals surface area (Å²) in [6.07, 6.45) is -0.421. The van der Waals surface area contributed by atoms with Gasteiger partial charge in [-0.25, -0.2) is 4.79 Å². The number of carbonyl (C=O) groups excluding carboxylic acids is 1. The predicted octanol–water partition coefficient (Wildman–Crippen LogP) is 3.09. The Bertz CT molecular complexity index is 432. The van der Waals surface area contributed by atoms with Crippen LogP contribution in [-0.2, 0) is 10.2 Å². The minimum atomic E-state index is -0.421. The van der Waals surface area contributed by atoms with Crippen LogP contribution in [0.5, 0.6) is 5.75 Å². The van der Waals surface area contributed by atoms with Crippen molar-refractivity contribution in [1.29, 1.82) is 0 Å². The van der Waals surface area contributed by atoms with E-state index < -0.39 is 6.09 Å². The second-order valence-corrected chi connectivity index (χ2v) is 5.43. The van der Waals surface area contributed by atoms with Gasteiger partial charge < -0.3 is 14.8 Å². The summed E-state index contributed by atoms with van der Waals surface area (Å²) in [6, 6.07) is 5.89. The Morgan fingerprint density at radius 2 is 2.06 bits per heavy atom. The van der Waals surface area contributed by atoms with Gasteiger partial charge in [0, 0.05) is 12.0 Å². The number of alkyl carbamates (subject to hydrolysis) is 1. The molecule has 0 saturated heterocycles. The highest BCUT2D eigenvalue weighted by Crippen LogP contribution is 2.31. The van der Waals surface area contributed by atoms with Gasteiger partial charge in [-0.1, -0.05) is 19.9 Å². The van der Waals surface area contributed by atoms with Crippen LogP contribution in [0, 0.1) is 0 Å². The van der Waals surface area contributed by atoms with Crippen molar-refractivity contribution in [3.05, 3.63) is 28.2 Å². The topological polar surface area (TPSA) is 47.6 Å². The van der Waals surface area contributed by atoms with Gasteiger partial charge in [0.25, 0.3) is 0 Å². The molecule has 1 N–H and O–H groups in total. The molecule has 1 amide bonds. The van der Waals surface area contributed by atoms with Gasteiger partial charge in [-0.2, -0.15) is 0 Å². The lowest BCUT2D eigenvalue weighted by Crippen LogP contribution is -2.36. The number of methoxy groups -OCH3 is 2. The molecule has 0 heterocycles. The second-order valence-electron chi connectivity index (χ2n) is 4.58. The molecule has 4 nitrogen and oxygen atoms in total. The molecule has 0 aliphatic rings. The number of halogens is 1. The third kappa shape index (κ3) is 3.63. The normalized spacial score (nSPS) is 10.9. The summed E-state index contributed by atoms with van der Waals surface area (Å²) in [6.45, 7) is 4.60. The van der Waals surface area contributed by atoms with Gasteiger partial charge >= 0.3 is 6.09 Å². The molecular weight excluding hydrogens is 298 g/mol. The van der Waals surface area contributed by atoms with Crippen LogP contribution < -0.4 is 10.1 Å². The van der Waals surface area contributed by atoms with Crippen LogP contribution in [-0.4, -0.2) is 26.9 Å². The fraction of sp³-hybridized carbons (Fsp3) is 0.462. The van der Waals surface area contributed by atoms with Crippen LogP contribution in [0.4, 0.5) is 4.79 Å². The highest BCUT2D eigenvalue weighted by atomic mass is 79.9. The summed E-state index contributed by atoms with van der Waals surface area (Å²) in [5, 5.41) is 2.71. The monoisotopic (exact) mass is 315 g/mol. The Labute approximate surface area is 116 Å². The number of carbonyl (C=O) groups is 1. The Kier molecular flexibility index (Phi) is 5.02. The van der Waals surface area contributed by atoms with Crippen molar-refractivity contribution in [2.24, 2.45) is 0 Å². The SMILES string of the molecule is COC(=O)NCC(C)(C)c1ccc(OC)c(Br)c1. The number of amides is 1. The number of nitrogens with one attached hydrogen (secondary N) is 1. The zero-order valence-corrected chi connectivity index (χ0v) is 12.6. The fourth-order valence-corrected chi connectivity index (χ4v) is 2.10. The third-order valence-electron chi connectivity index (χ3n) is 2.79. The van der Waals surface area contributed by atoms with Crippen LogP contribution in [0.2, 0.25) is 0 Å². The largest absolute Gasteiger partial charge is 0.496 e. The average molecular weight is 316 g/mol. The number of benzene rings is 1. The van der Waals surface area contributed by atoms with E-state index in [4.69, 9.17) is 4.74 Å². The summed E-state index contributed by atoms with van der Waals surface area (Å²) in [5.74, 6) is 0.787. The molecule has 1 aromatic carbocycles. The first-order valence-electron chi connectivity index (χ1n) is 5.56. The highest BCUT2D eigenvalue weighted by molar-refractivity contribution is 9.10. The molecule has 0 fully saturated rings. The van der Waals surface area contributed by atoms with E-state index in [0.717, 1.165) is 15.8 Å². The van der Waals surface area contributed by atoms with Crippen molar-refractivity contribution >= 4 is 22.0 Å². The van der Waals surface area contributed by atoms with Crippen molar-refractivity contribution in [3.63, 3.8) is 0 Å². The van der Waals surface area contributed by atoms with E-state index in [1.807, 2.05) is 18.2 Å². The number of ether oxygens (including phenoxy) is 2. The summed E-state index contributed by atoms with van der Waals surface area (Å²) < 4.78 is 10.7. The first kappa shape index (κ1) is 14.8. The highest BCUT2D eigenvalue weighted by Gasteiger charge is 2.22. The quantitative estimate of drug-likeness (QED) is 0.928. The number of hydrogen-bond acceptors (Lipinski definition) is 3. The molecule has 0 saturated carbocycles. The summed E-state index contributed by atoms with van der Waals surface area (Å²) in [5.41, 5.74) is 0.912. The average Bonchev–Trinajstić information content (AvgIpc) is 2.35. The van der Waals surface area contributed by atoms with E-state index >= 15 is 0 Å². The fourth-order valence-electron chi connectivity index (χ4n) is 1.55. The maximum absolute atomic E-state index is 11.1. The molecule has 1 aromatic rings. The zero-order valence-electron chi connectivity index (χ0n) is 11.0. The van der Waals surface area contributed by atoms with Crippen molar-refractivity contribution in [1.82, 2.24) is 5.32 Å². The summed E-state index contributed by atoms with van der Waals surface area (Å²) >= 11 is 3.46. The van der Waals surface area contributed by atoms with Gasteiger partial charge in [0.2, 0.25) is 0 Å². The lowest BCUT2D eigenvalue weighted by molar-refractivity contribution is 0.168. The minimum Gasteiger partial charge on any atom is -0.496 e. The molecule has 0 aromatic heterocycles. The molecule has 5 heteroatoms. The maximum atomic E-state index is 11.1. The lowest BCUT2D eigenvalue weighted by atomic mass is 9.84. The van der Waals surface area contributed by atoms with E-state index in [9.17, 15) is 4.79 Å². The standard InChI is InChI=1S/C13H18BrNO3/c1-13(2,8-15-12(16)18-4)9-5-6-11(17-3)10(14)7-9/h5-7H,8H2,1-4H3,(H,15,16). The van der Waals surface area contributed by atoms with Crippen molar-refractivity contribution in [2.75, 3.05) is 20.8 Å². The van der Waals surface area contributed by atoms with Gasteiger partial charge in [-0.05, 0) is 33.6 Å². The molecule has 0 radical (unpaired) electrons. The number of hydrogen-bond donors (Lipinski definition) is 1. The Morgan fingerprint density at radius 1 is 1.39 bits per heavy atom. The van der Waals surface area contributed by atoms with Crippen molar-refractivity contribution in [2.45, 2.75) is 19.3 Å². The summed E-state index contributed by atoms with van der Waals surface area (Å²) in [7, 11) is 2.98. The van der Waals surface area contributed by atoms with E-state index in [0.29, 0.717) is 6.54 Å². The van der Waals surface area contributed by atoms with Gasteiger partial charge in [-0.3, -0.25) is 0 Å². The summed E-state index contributed by atoms with van der Waals surface area (Å²) in [4.78, 5) is 11.1. The van der Waals surface area contributed by atoms with Gasteiger partial charge in [-0.15, -0.1) is 0 Å². The molecule has 1 rings (SSSR count). The van der Waals surface area contributed by atoms with Gasteiger partial charge in [0.1, 0.15) is 5.75 Å². The molecule has 0 unspecified atom stereocenters. The van der Waals surface area contributed by atoms with Crippen LogP contribution in [0.3, 0.4) is 0 Å². The smallest absolute Gasteiger partial charge is 0.406 e. The van der Waals surface area contributed by atoms with E-state index in [1.165, 1.54) is 7.11 Å². The Hall–Kier alpha value is -1.23. The third-order valence-corrected chi connectivity index (χ3v) is 3.41. The molecule has 0 spiro atoms. The van der Waals surface area contributed by atoms with E-state index in [2.05, 4.69) is 39.8 Å². The molecule has 0 atom stereocenters. The number of rotatable bonds is 4. The lowest BCUT2D eigenvalue weighted by Gasteiger charge is -2.25. The van der Waals surface area contributed by atoms with Crippen molar-refractivity contribution in [3.8, 4) is 5.75 Å². The zero-order chi connectivity index (χ0) is 13.8. The van der Waals surface area contributed by atoms with Gasteiger partial charge in [0.15, 0.2) is 0 Å². The predicted molar refractivity (Wildman–Crippen MR) is 74.1 cm³/mol. The van der Waals surface area contributed by atoms with E-state index in [-0.39, 0.29) is 5.41 Å². The molecular formula is C13H18BrNO3. The maximum Gasteiger partial charge on any atom is 0.406 e. The molecule has 100 valence electrons. The van der Waals surface area contributed by atoms with Crippen LogP contribution in [0.1, 0.15) is 19.4 Å². The second kappa shape index (κ2) is 6.09. The van der Waals surface area contributed by atoms with Crippen LogP contribution in [0.25, 0.3) is 0 Å². The molecule has 0 bridgehead atoms. The van der Waals surface area contributed by atoms with Crippen LogP contribution in [0.15, 0.2) is 22.7 Å². The Balaban J connectivity index is 2.84. The molecule has 0 aliphatic heterocycles. The first-order chi connectivity index (χ1) is 8.40. The van der Waals surface area contributed by atoms with Crippen molar-refractivity contribution < 1.29 is 14.3 Å². The van der Waals surface area contributed by atoms with Gasteiger partial charge in [0.05, 0.1) is 18.7 Å².